The zero-order chi connectivity index (χ0) is 11.7. The number of carbonyl (C=O) groups is 1. The van der Waals surface area contributed by atoms with Gasteiger partial charge in [0.25, 0.3) is 5.91 Å². The quantitative estimate of drug-likeness (QED) is 0.811. The maximum absolute atomic E-state index is 11.8. The van der Waals surface area contributed by atoms with E-state index in [9.17, 15) is 4.79 Å². The molecule has 0 aromatic heterocycles. The number of fused-ring (bicyclic) bond motifs is 1. The van der Waals surface area contributed by atoms with Gasteiger partial charge in [0.05, 0.1) is 5.69 Å². The molecule has 0 aliphatic carbocycles. The second-order valence-electron chi connectivity index (χ2n) is 4.11. The number of nitrogens with zero attached hydrogens (tertiary/aromatic N) is 1. The van der Waals surface area contributed by atoms with Gasteiger partial charge in [-0.15, -0.1) is 0 Å². The van der Waals surface area contributed by atoms with Crippen molar-refractivity contribution in [2.45, 2.75) is 19.9 Å². The molecule has 0 saturated heterocycles. The van der Waals surface area contributed by atoms with Crippen LogP contribution in [0.4, 0.5) is 5.69 Å². The molecule has 0 spiro atoms. The van der Waals surface area contributed by atoms with Gasteiger partial charge in [0.1, 0.15) is 5.75 Å². The number of hydrogen-bond acceptors (Lipinski definition) is 3. The minimum Gasteiger partial charge on any atom is -0.482 e. The first kappa shape index (κ1) is 11.0. The summed E-state index contributed by atoms with van der Waals surface area (Å²) in [7, 11) is 0. The third-order valence-electron chi connectivity index (χ3n) is 2.78. The highest BCUT2D eigenvalue weighted by Gasteiger charge is 2.28. The zero-order valence-corrected chi connectivity index (χ0v) is 9.56. The van der Waals surface area contributed by atoms with Crippen molar-refractivity contribution < 1.29 is 9.53 Å². The topological polar surface area (TPSA) is 55.6 Å². The number of amides is 1. The highest BCUT2D eigenvalue weighted by molar-refractivity contribution is 5.98. The number of aryl methyl sites for hydroxylation is 1. The fourth-order valence-corrected chi connectivity index (χ4v) is 1.87. The van der Waals surface area contributed by atoms with Gasteiger partial charge in [-0.25, -0.2) is 0 Å². The summed E-state index contributed by atoms with van der Waals surface area (Å²) in [6, 6.07) is 5.82. The molecular weight excluding hydrogens is 204 g/mol. The Bertz CT molecular complexity index is 417. The lowest BCUT2D eigenvalue weighted by Gasteiger charge is -2.33. The van der Waals surface area contributed by atoms with Crippen LogP contribution in [0.2, 0.25) is 0 Å². The fourth-order valence-electron chi connectivity index (χ4n) is 1.87. The molecule has 4 nitrogen and oxygen atoms in total. The van der Waals surface area contributed by atoms with Crippen LogP contribution < -0.4 is 15.4 Å². The van der Waals surface area contributed by atoms with Crippen LogP contribution in [0.15, 0.2) is 18.2 Å². The second-order valence-corrected chi connectivity index (χ2v) is 4.11. The number of nitrogens with two attached hydrogens (primary N) is 1. The Kier molecular flexibility index (Phi) is 2.83. The van der Waals surface area contributed by atoms with Crippen LogP contribution in [-0.4, -0.2) is 25.1 Å². The molecule has 1 atom stereocenters. The summed E-state index contributed by atoms with van der Waals surface area (Å²) in [6.45, 7) is 4.48. The first-order valence-corrected chi connectivity index (χ1v) is 5.39. The molecule has 16 heavy (non-hydrogen) atoms. The van der Waals surface area contributed by atoms with Crippen molar-refractivity contribution in [2.24, 2.45) is 5.73 Å². The third kappa shape index (κ3) is 1.76. The lowest BCUT2D eigenvalue weighted by molar-refractivity contribution is -0.121. The summed E-state index contributed by atoms with van der Waals surface area (Å²) in [5.74, 6) is 0.731. The van der Waals surface area contributed by atoms with E-state index in [2.05, 4.69) is 0 Å². The van der Waals surface area contributed by atoms with E-state index in [4.69, 9.17) is 10.5 Å². The van der Waals surface area contributed by atoms with Crippen molar-refractivity contribution in [3.05, 3.63) is 23.8 Å². The van der Waals surface area contributed by atoms with Crippen LogP contribution in [0.25, 0.3) is 0 Å². The zero-order valence-electron chi connectivity index (χ0n) is 9.56. The van der Waals surface area contributed by atoms with Crippen LogP contribution in [0, 0.1) is 6.92 Å². The number of rotatable bonds is 2. The maximum atomic E-state index is 11.8. The Morgan fingerprint density at radius 3 is 3.00 bits per heavy atom. The molecular formula is C12H16N2O2. The smallest absolute Gasteiger partial charge is 0.265 e. The number of anilines is 1. The highest BCUT2D eigenvalue weighted by Crippen LogP contribution is 2.33. The predicted molar refractivity (Wildman–Crippen MR) is 62.7 cm³/mol. The van der Waals surface area contributed by atoms with Gasteiger partial charge in [0.15, 0.2) is 6.61 Å². The molecule has 0 fully saturated rings. The average molecular weight is 220 g/mol. The van der Waals surface area contributed by atoms with Gasteiger partial charge >= 0.3 is 0 Å². The van der Waals surface area contributed by atoms with Crippen LogP contribution in [0.5, 0.6) is 5.75 Å². The summed E-state index contributed by atoms with van der Waals surface area (Å²) < 4.78 is 5.41. The number of ether oxygens (including phenoxy) is 1. The van der Waals surface area contributed by atoms with Gasteiger partial charge < -0.3 is 15.4 Å². The van der Waals surface area contributed by atoms with Gasteiger partial charge in [0, 0.05) is 12.6 Å². The molecule has 0 bridgehead atoms. The molecule has 1 aromatic rings. The number of carbonyl (C=O) groups excluding carboxylic acids is 1. The van der Waals surface area contributed by atoms with Crippen LogP contribution in [0.1, 0.15) is 12.5 Å². The molecule has 86 valence electrons. The van der Waals surface area contributed by atoms with Crippen LogP contribution in [0.3, 0.4) is 0 Å². The summed E-state index contributed by atoms with van der Waals surface area (Å²) in [5.41, 5.74) is 7.56. The molecule has 2 N–H and O–H groups in total. The monoisotopic (exact) mass is 220 g/mol. The van der Waals surface area contributed by atoms with E-state index in [1.807, 2.05) is 32.0 Å². The third-order valence-corrected chi connectivity index (χ3v) is 2.78. The van der Waals surface area contributed by atoms with E-state index >= 15 is 0 Å². The number of hydrogen-bond donors (Lipinski definition) is 1. The van der Waals surface area contributed by atoms with Gasteiger partial charge in [0.2, 0.25) is 0 Å². The first-order chi connectivity index (χ1) is 7.63. The molecule has 1 aliphatic rings. The number of benzene rings is 1. The normalized spacial score (nSPS) is 16.7. The maximum Gasteiger partial charge on any atom is 0.265 e. The van der Waals surface area contributed by atoms with Crippen molar-refractivity contribution in [3.63, 3.8) is 0 Å². The van der Waals surface area contributed by atoms with Crippen LogP contribution in [-0.2, 0) is 4.79 Å². The van der Waals surface area contributed by atoms with E-state index in [0.717, 1.165) is 17.0 Å². The summed E-state index contributed by atoms with van der Waals surface area (Å²) in [5, 5.41) is 0. The Labute approximate surface area is 95.0 Å². The largest absolute Gasteiger partial charge is 0.482 e. The van der Waals surface area contributed by atoms with Crippen molar-refractivity contribution in [3.8, 4) is 5.75 Å². The van der Waals surface area contributed by atoms with E-state index < -0.39 is 0 Å². The van der Waals surface area contributed by atoms with Gasteiger partial charge in [-0.05, 0) is 31.5 Å². The van der Waals surface area contributed by atoms with E-state index in [1.165, 1.54) is 0 Å². The molecule has 0 radical (unpaired) electrons. The average Bonchev–Trinajstić information content (AvgIpc) is 2.28. The molecule has 4 heteroatoms. The second kappa shape index (κ2) is 4.14. The fraction of sp³-hybridized carbons (Fsp3) is 0.417. The van der Waals surface area contributed by atoms with Crippen molar-refractivity contribution in [2.75, 3.05) is 18.1 Å². The first-order valence-electron chi connectivity index (χ1n) is 5.39. The molecule has 1 heterocycles. The van der Waals surface area contributed by atoms with Crippen LogP contribution >= 0.6 is 0 Å². The van der Waals surface area contributed by atoms with Crippen molar-refractivity contribution >= 4 is 11.6 Å². The highest BCUT2D eigenvalue weighted by atomic mass is 16.5. The Morgan fingerprint density at radius 2 is 2.31 bits per heavy atom. The molecule has 1 unspecified atom stereocenters. The Morgan fingerprint density at radius 1 is 1.56 bits per heavy atom. The Hall–Kier alpha value is -1.55. The minimum atomic E-state index is -0.0331. The predicted octanol–water partition coefficient (Wildman–Crippen LogP) is 1.07. The molecule has 1 amide bonds. The standard InChI is InChI=1S/C12H16N2O2/c1-8-3-4-10-11(5-8)16-7-12(15)14(10)9(2)6-13/h3-5,9H,6-7,13H2,1-2H3. The molecule has 0 saturated carbocycles. The SMILES string of the molecule is Cc1ccc2c(c1)OCC(=O)N2C(C)CN. The van der Waals surface area contributed by atoms with Gasteiger partial charge in [-0.1, -0.05) is 6.07 Å². The molecule has 1 aliphatic heterocycles. The molecule has 1 aromatic carbocycles. The van der Waals surface area contributed by atoms with E-state index in [0.29, 0.717) is 6.54 Å². The minimum absolute atomic E-state index is 0.00199. The summed E-state index contributed by atoms with van der Waals surface area (Å²) >= 11 is 0. The summed E-state index contributed by atoms with van der Waals surface area (Å²) in [6.07, 6.45) is 0. The van der Waals surface area contributed by atoms with Crippen molar-refractivity contribution in [1.82, 2.24) is 0 Å². The lowest BCUT2D eigenvalue weighted by Crippen LogP contribution is -2.47. The van der Waals surface area contributed by atoms with Gasteiger partial charge in [-0.3, -0.25) is 4.79 Å². The van der Waals surface area contributed by atoms with Gasteiger partial charge in [-0.2, -0.15) is 0 Å². The molecule has 2 rings (SSSR count). The summed E-state index contributed by atoms with van der Waals surface area (Å²) in [4.78, 5) is 13.5. The van der Waals surface area contributed by atoms with E-state index in [1.54, 1.807) is 4.90 Å². The lowest BCUT2D eigenvalue weighted by atomic mass is 10.1. The van der Waals surface area contributed by atoms with Crippen molar-refractivity contribution in [1.29, 1.82) is 0 Å². The Balaban J connectivity index is 2.44. The van der Waals surface area contributed by atoms with E-state index in [-0.39, 0.29) is 18.6 Å².